The van der Waals surface area contributed by atoms with Gasteiger partial charge in [-0.1, -0.05) is 0 Å². The van der Waals surface area contributed by atoms with Crippen molar-refractivity contribution >= 4 is 39.5 Å². The van der Waals surface area contributed by atoms with Crippen LogP contribution in [0.2, 0.25) is 0 Å². The molecule has 2 aromatic heterocycles. The van der Waals surface area contributed by atoms with E-state index in [1.54, 1.807) is 18.3 Å². The van der Waals surface area contributed by atoms with Gasteiger partial charge in [-0.05, 0) is 55.0 Å². The molecule has 0 saturated heterocycles. The van der Waals surface area contributed by atoms with Crippen molar-refractivity contribution in [3.63, 3.8) is 0 Å². The van der Waals surface area contributed by atoms with Crippen LogP contribution in [0.4, 0.5) is 14.9 Å². The predicted octanol–water partition coefficient (Wildman–Crippen LogP) is 3.91. The van der Waals surface area contributed by atoms with Crippen molar-refractivity contribution < 1.29 is 19.1 Å². The van der Waals surface area contributed by atoms with Crippen molar-refractivity contribution in [3.05, 3.63) is 65.7 Å². The Hall–Kier alpha value is -3.81. The van der Waals surface area contributed by atoms with Crippen LogP contribution in [0, 0.1) is 12.7 Å². The lowest BCUT2D eigenvalue weighted by Crippen LogP contribution is -2.44. The Labute approximate surface area is 164 Å². The lowest BCUT2D eigenvalue weighted by atomic mass is 10.1. The predicted molar refractivity (Wildman–Crippen MR) is 109 cm³/mol. The normalized spacial score (nSPS) is 12.2. The number of aryl methyl sites for hydroxylation is 1. The first-order valence-electron chi connectivity index (χ1n) is 9.04. The van der Waals surface area contributed by atoms with Gasteiger partial charge in [-0.3, -0.25) is 0 Å². The number of rotatable bonds is 5. The van der Waals surface area contributed by atoms with E-state index in [1.165, 1.54) is 12.1 Å². The third-order valence-electron chi connectivity index (χ3n) is 4.77. The van der Waals surface area contributed by atoms with Crippen molar-refractivity contribution in [1.82, 2.24) is 15.3 Å². The molecule has 148 valence electrons. The summed E-state index contributed by atoms with van der Waals surface area (Å²) in [5.74, 6) is -1.54. The number of benzene rings is 2. The second-order valence-corrected chi connectivity index (χ2v) is 6.95. The maximum Gasteiger partial charge on any atom is 0.326 e. The number of urea groups is 1. The molecule has 2 aromatic carbocycles. The van der Waals surface area contributed by atoms with E-state index in [9.17, 15) is 19.1 Å². The third-order valence-corrected chi connectivity index (χ3v) is 4.77. The van der Waals surface area contributed by atoms with Gasteiger partial charge in [-0.25, -0.2) is 14.0 Å². The summed E-state index contributed by atoms with van der Waals surface area (Å²) >= 11 is 0. The fourth-order valence-electron chi connectivity index (χ4n) is 3.43. The number of halogens is 1. The number of fused-ring (bicyclic) bond motifs is 2. The van der Waals surface area contributed by atoms with E-state index in [2.05, 4.69) is 20.6 Å². The molecule has 7 nitrogen and oxygen atoms in total. The molecule has 0 saturated carbocycles. The highest BCUT2D eigenvalue weighted by Crippen LogP contribution is 2.21. The summed E-state index contributed by atoms with van der Waals surface area (Å²) < 4.78 is 13.3. The summed E-state index contributed by atoms with van der Waals surface area (Å²) in [5, 5.41) is 16.3. The fourth-order valence-corrected chi connectivity index (χ4v) is 3.43. The number of aromatic nitrogens is 2. The van der Waals surface area contributed by atoms with E-state index >= 15 is 0 Å². The van der Waals surface area contributed by atoms with E-state index in [1.807, 2.05) is 25.1 Å². The lowest BCUT2D eigenvalue weighted by molar-refractivity contribution is -0.139. The number of carboxylic acids is 1. The van der Waals surface area contributed by atoms with Gasteiger partial charge >= 0.3 is 12.0 Å². The SMILES string of the molecule is Cc1cc2cc(NC(=O)N[C@@H](Cc3c[nH]c4cc(F)ccc34)C(=O)O)ccc2[nH]1. The molecule has 0 aliphatic rings. The van der Waals surface area contributed by atoms with E-state index in [4.69, 9.17) is 0 Å². The second kappa shape index (κ2) is 7.31. The van der Waals surface area contributed by atoms with Crippen LogP contribution in [0.1, 0.15) is 11.3 Å². The molecule has 0 aliphatic carbocycles. The van der Waals surface area contributed by atoms with Crippen LogP contribution >= 0.6 is 0 Å². The average Bonchev–Trinajstić information content (AvgIpc) is 3.22. The first kappa shape index (κ1) is 18.5. The maximum absolute atomic E-state index is 13.3. The topological polar surface area (TPSA) is 110 Å². The lowest BCUT2D eigenvalue weighted by Gasteiger charge is -2.15. The molecule has 0 unspecified atom stereocenters. The standard InChI is InChI=1S/C21H19FN4O3/c1-11-6-12-7-15(3-5-17(12)24-11)25-21(29)26-19(20(27)28)8-13-10-23-18-9-14(22)2-4-16(13)18/h2-7,9-10,19,23-24H,8H2,1H3,(H,27,28)(H2,25,26,29)/t19-/m0/s1. The minimum Gasteiger partial charge on any atom is -0.480 e. The summed E-state index contributed by atoms with van der Waals surface area (Å²) in [6, 6.07) is 9.83. The first-order chi connectivity index (χ1) is 13.9. The van der Waals surface area contributed by atoms with Crippen LogP contribution in [0.25, 0.3) is 21.8 Å². The van der Waals surface area contributed by atoms with Crippen LogP contribution in [0.15, 0.2) is 48.7 Å². The van der Waals surface area contributed by atoms with Crippen molar-refractivity contribution in [2.75, 3.05) is 5.32 Å². The van der Waals surface area contributed by atoms with Gasteiger partial charge in [0.05, 0.1) is 0 Å². The molecule has 2 heterocycles. The molecule has 0 bridgehead atoms. The van der Waals surface area contributed by atoms with Crippen molar-refractivity contribution in [2.45, 2.75) is 19.4 Å². The molecule has 2 amide bonds. The molecular formula is C21H19FN4O3. The Morgan fingerprint density at radius 2 is 1.97 bits per heavy atom. The zero-order valence-corrected chi connectivity index (χ0v) is 15.5. The van der Waals surface area contributed by atoms with Gasteiger partial charge in [-0.15, -0.1) is 0 Å². The minimum atomic E-state index is -1.16. The molecular weight excluding hydrogens is 375 g/mol. The van der Waals surface area contributed by atoms with Gasteiger partial charge < -0.3 is 25.7 Å². The average molecular weight is 394 g/mol. The first-order valence-corrected chi connectivity index (χ1v) is 9.04. The Morgan fingerprint density at radius 3 is 2.76 bits per heavy atom. The number of aliphatic carboxylic acids is 1. The third kappa shape index (κ3) is 3.91. The number of carbonyl (C=O) groups is 2. The molecule has 0 radical (unpaired) electrons. The number of aromatic amines is 2. The molecule has 8 heteroatoms. The number of hydrogen-bond acceptors (Lipinski definition) is 2. The number of hydrogen-bond donors (Lipinski definition) is 5. The number of H-pyrrole nitrogens is 2. The van der Waals surface area contributed by atoms with E-state index in [0.717, 1.165) is 16.6 Å². The Kier molecular flexibility index (Phi) is 4.67. The molecule has 1 atom stereocenters. The highest BCUT2D eigenvalue weighted by molar-refractivity contribution is 5.95. The molecule has 4 rings (SSSR count). The summed E-state index contributed by atoms with van der Waals surface area (Å²) in [6.07, 6.45) is 1.69. The van der Waals surface area contributed by atoms with Gasteiger partial charge in [0.15, 0.2) is 0 Å². The smallest absolute Gasteiger partial charge is 0.326 e. The number of carbonyl (C=O) groups excluding carboxylic acids is 1. The van der Waals surface area contributed by atoms with Crippen LogP contribution < -0.4 is 10.6 Å². The van der Waals surface area contributed by atoms with Crippen LogP contribution in [-0.4, -0.2) is 33.1 Å². The molecule has 0 spiro atoms. The van der Waals surface area contributed by atoms with E-state index in [0.29, 0.717) is 22.2 Å². The fraction of sp³-hybridized carbons (Fsp3) is 0.143. The molecule has 5 N–H and O–H groups in total. The van der Waals surface area contributed by atoms with E-state index in [-0.39, 0.29) is 12.2 Å². The molecule has 0 fully saturated rings. The quantitative estimate of drug-likeness (QED) is 0.354. The Morgan fingerprint density at radius 1 is 1.14 bits per heavy atom. The zero-order valence-electron chi connectivity index (χ0n) is 15.5. The number of carboxylic acid groups (broad SMARTS) is 1. The summed E-state index contributed by atoms with van der Waals surface area (Å²) in [6.45, 7) is 1.94. The largest absolute Gasteiger partial charge is 0.480 e. The minimum absolute atomic E-state index is 0.0599. The Bertz CT molecular complexity index is 1230. The van der Waals surface area contributed by atoms with Crippen molar-refractivity contribution in [3.8, 4) is 0 Å². The molecule has 4 aromatic rings. The molecule has 29 heavy (non-hydrogen) atoms. The van der Waals surface area contributed by atoms with Crippen molar-refractivity contribution in [1.29, 1.82) is 0 Å². The van der Waals surface area contributed by atoms with Gasteiger partial charge in [0, 0.05) is 45.8 Å². The highest BCUT2D eigenvalue weighted by atomic mass is 19.1. The highest BCUT2D eigenvalue weighted by Gasteiger charge is 2.22. The summed E-state index contributed by atoms with van der Waals surface area (Å²) in [7, 11) is 0. The van der Waals surface area contributed by atoms with Crippen LogP contribution in [0.3, 0.4) is 0 Å². The molecule has 0 aliphatic heterocycles. The van der Waals surface area contributed by atoms with Gasteiger partial charge in [0.1, 0.15) is 11.9 Å². The summed E-state index contributed by atoms with van der Waals surface area (Å²) in [5.41, 5.74) is 3.76. The van der Waals surface area contributed by atoms with Gasteiger partial charge in [0.25, 0.3) is 0 Å². The maximum atomic E-state index is 13.3. The second-order valence-electron chi connectivity index (χ2n) is 6.95. The summed E-state index contributed by atoms with van der Waals surface area (Å²) in [4.78, 5) is 30.1. The van der Waals surface area contributed by atoms with Crippen LogP contribution in [-0.2, 0) is 11.2 Å². The van der Waals surface area contributed by atoms with Crippen LogP contribution in [0.5, 0.6) is 0 Å². The van der Waals surface area contributed by atoms with Gasteiger partial charge in [-0.2, -0.15) is 0 Å². The van der Waals surface area contributed by atoms with E-state index < -0.39 is 18.0 Å². The number of anilines is 1. The number of amides is 2. The monoisotopic (exact) mass is 394 g/mol. The number of nitrogens with one attached hydrogen (secondary N) is 4. The zero-order chi connectivity index (χ0) is 20.5. The Balaban J connectivity index is 1.48. The van der Waals surface area contributed by atoms with Crippen molar-refractivity contribution in [2.24, 2.45) is 0 Å². The van der Waals surface area contributed by atoms with Gasteiger partial charge in [0.2, 0.25) is 0 Å².